The molecule has 126 valence electrons. The smallest absolute Gasteiger partial charge is 0.225 e. The summed E-state index contributed by atoms with van der Waals surface area (Å²) in [6.07, 6.45) is 0.806. The average Bonchev–Trinajstić information content (AvgIpc) is 3.08. The molecule has 1 aromatic carbocycles. The van der Waals surface area contributed by atoms with Crippen LogP contribution in [0.3, 0.4) is 0 Å². The fraction of sp³-hybridized carbons (Fsp3) is 0.333. The van der Waals surface area contributed by atoms with Crippen LogP contribution in [0.15, 0.2) is 41.8 Å². The molecule has 2 amide bonds. The first-order valence-corrected chi connectivity index (χ1v) is 8.75. The van der Waals surface area contributed by atoms with Gasteiger partial charge in [-0.1, -0.05) is 18.2 Å². The van der Waals surface area contributed by atoms with Gasteiger partial charge in [0, 0.05) is 18.3 Å². The number of likely N-dealkylation sites (tertiary alicyclic amines) is 1. The minimum absolute atomic E-state index is 0.0217. The van der Waals surface area contributed by atoms with E-state index in [0.717, 1.165) is 4.88 Å². The van der Waals surface area contributed by atoms with Crippen LogP contribution in [0.2, 0.25) is 0 Å². The third-order valence-corrected chi connectivity index (χ3v) is 5.28. The van der Waals surface area contributed by atoms with E-state index in [4.69, 9.17) is 0 Å². The normalized spacial score (nSPS) is 20.9. The zero-order chi connectivity index (χ0) is 17.1. The first kappa shape index (κ1) is 16.6. The summed E-state index contributed by atoms with van der Waals surface area (Å²) in [5, 5.41) is 4.91. The molecule has 3 rings (SSSR count). The lowest BCUT2D eigenvalue weighted by molar-refractivity contribution is -0.141. The number of nitrogens with zero attached hydrogens (tertiary/aromatic N) is 1. The van der Waals surface area contributed by atoms with Gasteiger partial charge >= 0.3 is 0 Å². The molecule has 2 aromatic rings. The SMILES string of the molecule is CN1C(=O)CC[C@H](C(=O)NCc2cccs2)[C@H]1c1cccc(F)c1. The van der Waals surface area contributed by atoms with Crippen LogP contribution in [0.4, 0.5) is 4.39 Å². The molecule has 2 heterocycles. The number of nitrogens with one attached hydrogen (secondary N) is 1. The molecule has 0 aliphatic carbocycles. The Hall–Kier alpha value is -2.21. The molecular formula is C18H19FN2O2S. The summed E-state index contributed by atoms with van der Waals surface area (Å²) >= 11 is 1.58. The quantitative estimate of drug-likeness (QED) is 0.925. The first-order chi connectivity index (χ1) is 11.6. The predicted molar refractivity (Wildman–Crippen MR) is 90.8 cm³/mol. The highest BCUT2D eigenvalue weighted by Crippen LogP contribution is 2.36. The van der Waals surface area contributed by atoms with Crippen LogP contribution in [-0.2, 0) is 16.1 Å². The van der Waals surface area contributed by atoms with E-state index >= 15 is 0 Å². The van der Waals surface area contributed by atoms with Gasteiger partial charge < -0.3 is 10.2 Å². The Kier molecular flexibility index (Phi) is 4.94. The molecule has 2 atom stereocenters. The van der Waals surface area contributed by atoms with Gasteiger partial charge in [-0.25, -0.2) is 4.39 Å². The van der Waals surface area contributed by atoms with Gasteiger partial charge in [0.05, 0.1) is 18.5 Å². The molecule has 24 heavy (non-hydrogen) atoms. The van der Waals surface area contributed by atoms with Crippen LogP contribution in [0.5, 0.6) is 0 Å². The molecule has 0 saturated carbocycles. The Morgan fingerprint density at radius 3 is 2.92 bits per heavy atom. The zero-order valence-corrected chi connectivity index (χ0v) is 14.2. The van der Waals surface area contributed by atoms with Gasteiger partial charge in [-0.3, -0.25) is 9.59 Å². The number of carbonyl (C=O) groups is 2. The van der Waals surface area contributed by atoms with Gasteiger partial charge in [-0.2, -0.15) is 0 Å². The lowest BCUT2D eigenvalue weighted by Gasteiger charge is -2.38. The number of piperidine rings is 1. The topological polar surface area (TPSA) is 49.4 Å². The summed E-state index contributed by atoms with van der Waals surface area (Å²) < 4.78 is 13.6. The van der Waals surface area contributed by atoms with Gasteiger partial charge in [-0.15, -0.1) is 11.3 Å². The lowest BCUT2D eigenvalue weighted by Crippen LogP contribution is -2.46. The second-order valence-electron chi connectivity index (χ2n) is 5.95. The van der Waals surface area contributed by atoms with E-state index < -0.39 is 6.04 Å². The van der Waals surface area contributed by atoms with Gasteiger partial charge in [0.2, 0.25) is 11.8 Å². The number of rotatable bonds is 4. The summed E-state index contributed by atoms with van der Waals surface area (Å²) in [4.78, 5) is 27.4. The van der Waals surface area contributed by atoms with Crippen LogP contribution >= 0.6 is 11.3 Å². The molecule has 1 N–H and O–H groups in total. The van der Waals surface area contributed by atoms with Crippen LogP contribution in [0.1, 0.15) is 29.3 Å². The van der Waals surface area contributed by atoms with E-state index in [-0.39, 0.29) is 23.5 Å². The molecule has 1 aliphatic rings. The van der Waals surface area contributed by atoms with Gasteiger partial charge in [0.25, 0.3) is 0 Å². The number of thiophene rings is 1. The Morgan fingerprint density at radius 1 is 1.38 bits per heavy atom. The molecule has 0 bridgehead atoms. The number of halogens is 1. The third-order valence-electron chi connectivity index (χ3n) is 4.40. The Labute approximate surface area is 144 Å². The number of carbonyl (C=O) groups excluding carboxylic acids is 2. The van der Waals surface area contributed by atoms with E-state index in [2.05, 4.69) is 5.32 Å². The van der Waals surface area contributed by atoms with Crippen molar-refractivity contribution in [1.82, 2.24) is 10.2 Å². The number of amides is 2. The minimum Gasteiger partial charge on any atom is -0.351 e. The second kappa shape index (κ2) is 7.13. The fourth-order valence-corrected chi connectivity index (χ4v) is 3.82. The first-order valence-electron chi connectivity index (χ1n) is 7.87. The van der Waals surface area contributed by atoms with Gasteiger partial charge in [0.1, 0.15) is 5.82 Å². The Morgan fingerprint density at radius 2 is 2.21 bits per heavy atom. The van der Waals surface area contributed by atoms with E-state index in [0.29, 0.717) is 24.9 Å². The Bertz CT molecular complexity index is 732. The number of hydrogen-bond acceptors (Lipinski definition) is 3. The van der Waals surface area contributed by atoms with Crippen LogP contribution < -0.4 is 5.32 Å². The van der Waals surface area contributed by atoms with E-state index in [9.17, 15) is 14.0 Å². The van der Waals surface area contributed by atoms with Crippen molar-refractivity contribution in [3.05, 3.63) is 58.0 Å². The molecule has 1 saturated heterocycles. The summed E-state index contributed by atoms with van der Waals surface area (Å²) in [6.45, 7) is 0.473. The zero-order valence-electron chi connectivity index (χ0n) is 13.4. The maximum Gasteiger partial charge on any atom is 0.225 e. The van der Waals surface area contributed by atoms with Gasteiger partial charge in [-0.05, 0) is 35.6 Å². The molecule has 1 aromatic heterocycles. The highest BCUT2D eigenvalue weighted by molar-refractivity contribution is 7.09. The van der Waals surface area contributed by atoms with E-state index in [1.165, 1.54) is 12.1 Å². The van der Waals surface area contributed by atoms with Crippen molar-refractivity contribution < 1.29 is 14.0 Å². The maximum atomic E-state index is 13.6. The minimum atomic E-state index is -0.440. The maximum absolute atomic E-state index is 13.6. The highest BCUT2D eigenvalue weighted by Gasteiger charge is 2.38. The van der Waals surface area contributed by atoms with Gasteiger partial charge in [0.15, 0.2) is 0 Å². The molecule has 1 aliphatic heterocycles. The molecule has 0 unspecified atom stereocenters. The van der Waals surface area contributed by atoms with E-state index in [1.54, 1.807) is 35.4 Å². The predicted octanol–water partition coefficient (Wildman–Crippen LogP) is 3.11. The standard InChI is InChI=1S/C18H19FN2O2S/c1-21-16(22)8-7-15(17(21)12-4-2-5-13(19)10-12)18(23)20-11-14-6-3-9-24-14/h2-6,9-10,15,17H,7-8,11H2,1H3,(H,20,23)/t15-,17+/m0/s1. The van der Waals surface area contributed by atoms with Crippen molar-refractivity contribution >= 4 is 23.2 Å². The summed E-state index contributed by atoms with van der Waals surface area (Å²) in [6, 6.07) is 9.60. The van der Waals surface area contributed by atoms with Crippen LogP contribution in [0, 0.1) is 11.7 Å². The lowest BCUT2D eigenvalue weighted by atomic mass is 9.84. The monoisotopic (exact) mass is 346 g/mol. The van der Waals surface area contributed by atoms with Crippen molar-refractivity contribution in [3.63, 3.8) is 0 Å². The van der Waals surface area contributed by atoms with Crippen molar-refractivity contribution in [2.24, 2.45) is 5.92 Å². The van der Waals surface area contributed by atoms with Crippen LogP contribution in [0.25, 0.3) is 0 Å². The van der Waals surface area contributed by atoms with Crippen LogP contribution in [-0.4, -0.2) is 23.8 Å². The van der Waals surface area contributed by atoms with Crippen molar-refractivity contribution in [2.75, 3.05) is 7.05 Å². The van der Waals surface area contributed by atoms with Crippen molar-refractivity contribution in [1.29, 1.82) is 0 Å². The molecule has 0 spiro atoms. The largest absolute Gasteiger partial charge is 0.351 e. The summed E-state index contributed by atoms with van der Waals surface area (Å²) in [5.41, 5.74) is 0.654. The fourth-order valence-electron chi connectivity index (χ4n) is 3.18. The second-order valence-corrected chi connectivity index (χ2v) is 6.98. The number of benzene rings is 1. The molecule has 0 radical (unpaired) electrons. The number of hydrogen-bond donors (Lipinski definition) is 1. The Balaban J connectivity index is 1.80. The van der Waals surface area contributed by atoms with E-state index in [1.807, 2.05) is 17.5 Å². The summed E-state index contributed by atoms with van der Waals surface area (Å²) in [5.74, 6) is -0.866. The molecule has 1 fully saturated rings. The molecular weight excluding hydrogens is 327 g/mol. The highest BCUT2D eigenvalue weighted by atomic mass is 32.1. The molecule has 6 heteroatoms. The molecule has 4 nitrogen and oxygen atoms in total. The average molecular weight is 346 g/mol. The van der Waals surface area contributed by atoms with Crippen molar-refractivity contribution in [3.8, 4) is 0 Å². The van der Waals surface area contributed by atoms with Crippen molar-refractivity contribution in [2.45, 2.75) is 25.4 Å². The third kappa shape index (κ3) is 3.48. The summed E-state index contributed by atoms with van der Waals surface area (Å²) in [7, 11) is 1.68.